The van der Waals surface area contributed by atoms with Crippen molar-refractivity contribution >= 4 is 17.5 Å². The predicted octanol–water partition coefficient (Wildman–Crippen LogP) is 2.12. The van der Waals surface area contributed by atoms with Crippen LogP contribution in [0.4, 0.5) is 5.69 Å². The number of carbonyl (C=O) groups is 2. The molecule has 2 aliphatic rings. The van der Waals surface area contributed by atoms with Gasteiger partial charge in [-0.3, -0.25) is 9.59 Å². The maximum Gasteiger partial charge on any atom is 0.265 e. The number of fused-ring (bicyclic) bond motifs is 1. The van der Waals surface area contributed by atoms with Crippen LogP contribution in [0.25, 0.3) is 0 Å². The maximum atomic E-state index is 12.1. The zero-order valence-corrected chi connectivity index (χ0v) is 13.0. The van der Waals surface area contributed by atoms with Crippen LogP contribution >= 0.6 is 0 Å². The summed E-state index contributed by atoms with van der Waals surface area (Å²) in [6.45, 7) is 4.41. The van der Waals surface area contributed by atoms with Gasteiger partial charge in [-0.25, -0.2) is 0 Å². The van der Waals surface area contributed by atoms with E-state index in [0.717, 1.165) is 42.9 Å². The van der Waals surface area contributed by atoms with Gasteiger partial charge in [-0.1, -0.05) is 6.07 Å². The summed E-state index contributed by atoms with van der Waals surface area (Å²) in [6, 6.07) is 5.85. The van der Waals surface area contributed by atoms with Gasteiger partial charge in [0.2, 0.25) is 5.91 Å². The molecule has 1 aromatic rings. The molecule has 1 aromatic carbocycles. The Morgan fingerprint density at radius 3 is 2.82 bits per heavy atom. The monoisotopic (exact) mass is 302 g/mol. The van der Waals surface area contributed by atoms with E-state index >= 15 is 0 Å². The molecular weight excluding hydrogens is 280 g/mol. The van der Waals surface area contributed by atoms with Gasteiger partial charge in [-0.15, -0.1) is 0 Å². The third-order valence-corrected chi connectivity index (χ3v) is 4.29. The molecule has 0 N–H and O–H groups in total. The number of amides is 2. The highest BCUT2D eigenvalue weighted by molar-refractivity contribution is 5.98. The zero-order valence-electron chi connectivity index (χ0n) is 13.0. The minimum Gasteiger partial charge on any atom is -0.482 e. The van der Waals surface area contributed by atoms with E-state index in [4.69, 9.17) is 4.74 Å². The predicted molar refractivity (Wildman–Crippen MR) is 84.1 cm³/mol. The van der Waals surface area contributed by atoms with Crippen LogP contribution in [-0.4, -0.2) is 43.0 Å². The van der Waals surface area contributed by atoms with Crippen LogP contribution < -0.4 is 9.64 Å². The van der Waals surface area contributed by atoms with E-state index in [-0.39, 0.29) is 18.4 Å². The fourth-order valence-corrected chi connectivity index (χ4v) is 3.07. The summed E-state index contributed by atoms with van der Waals surface area (Å²) in [5.41, 5.74) is 1.92. The summed E-state index contributed by atoms with van der Waals surface area (Å²) in [5.74, 6) is 0.922. The molecule has 0 aliphatic carbocycles. The van der Waals surface area contributed by atoms with E-state index in [1.807, 2.05) is 30.0 Å². The highest BCUT2D eigenvalue weighted by atomic mass is 16.5. The molecule has 2 amide bonds. The minimum absolute atomic E-state index is 0.0354. The molecule has 2 heterocycles. The lowest BCUT2D eigenvalue weighted by atomic mass is 10.1. The second kappa shape index (κ2) is 6.38. The molecule has 3 rings (SSSR count). The van der Waals surface area contributed by atoms with Crippen molar-refractivity contribution < 1.29 is 14.3 Å². The smallest absolute Gasteiger partial charge is 0.265 e. The highest BCUT2D eigenvalue weighted by Gasteiger charge is 2.25. The van der Waals surface area contributed by atoms with Crippen LogP contribution in [0.3, 0.4) is 0 Å². The summed E-state index contributed by atoms with van der Waals surface area (Å²) >= 11 is 0. The average Bonchev–Trinajstić information content (AvgIpc) is 3.04. The number of ether oxygens (including phenoxy) is 1. The molecule has 0 atom stereocenters. The first-order valence-electron chi connectivity index (χ1n) is 7.97. The number of nitrogens with zero attached hydrogens (tertiary/aromatic N) is 2. The van der Waals surface area contributed by atoms with Gasteiger partial charge in [0.25, 0.3) is 5.91 Å². The lowest BCUT2D eigenvalue weighted by Crippen LogP contribution is -2.40. The molecule has 5 nitrogen and oxygen atoms in total. The SMILES string of the molecule is Cc1ccc2c(c1)N(CCCC(=O)N1CCCC1)C(=O)CO2. The van der Waals surface area contributed by atoms with Crippen molar-refractivity contribution in [2.75, 3.05) is 31.1 Å². The standard InChI is InChI=1S/C17H22N2O3/c1-13-6-7-15-14(11-13)19(17(21)12-22-15)10-4-5-16(20)18-8-2-3-9-18/h6-7,11H,2-5,8-10,12H2,1H3. The Labute approximate surface area is 130 Å². The highest BCUT2D eigenvalue weighted by Crippen LogP contribution is 2.33. The van der Waals surface area contributed by atoms with Crippen molar-refractivity contribution in [3.8, 4) is 5.75 Å². The first-order valence-corrected chi connectivity index (χ1v) is 7.97. The van der Waals surface area contributed by atoms with Crippen molar-refractivity contribution in [3.63, 3.8) is 0 Å². The van der Waals surface area contributed by atoms with E-state index in [1.54, 1.807) is 4.90 Å². The Balaban J connectivity index is 1.61. The topological polar surface area (TPSA) is 49.9 Å². The third kappa shape index (κ3) is 3.08. The van der Waals surface area contributed by atoms with Crippen LogP contribution in [0.5, 0.6) is 5.75 Å². The molecule has 0 unspecified atom stereocenters. The number of likely N-dealkylation sites (tertiary alicyclic amines) is 1. The Morgan fingerprint density at radius 1 is 1.27 bits per heavy atom. The third-order valence-electron chi connectivity index (χ3n) is 4.29. The maximum absolute atomic E-state index is 12.1. The molecule has 22 heavy (non-hydrogen) atoms. The van der Waals surface area contributed by atoms with Crippen LogP contribution in [0, 0.1) is 6.92 Å². The Morgan fingerprint density at radius 2 is 2.05 bits per heavy atom. The summed E-state index contributed by atoms with van der Waals surface area (Å²) < 4.78 is 5.46. The van der Waals surface area contributed by atoms with Gasteiger partial charge in [0.1, 0.15) is 5.75 Å². The molecule has 5 heteroatoms. The van der Waals surface area contributed by atoms with Gasteiger partial charge < -0.3 is 14.5 Å². The van der Waals surface area contributed by atoms with Gasteiger partial charge in [0.15, 0.2) is 6.61 Å². The molecular formula is C17H22N2O3. The Hall–Kier alpha value is -2.04. The number of hydrogen-bond donors (Lipinski definition) is 0. The number of benzene rings is 1. The molecule has 0 radical (unpaired) electrons. The van der Waals surface area contributed by atoms with Crippen molar-refractivity contribution in [3.05, 3.63) is 23.8 Å². The summed E-state index contributed by atoms with van der Waals surface area (Å²) in [6.07, 6.45) is 3.42. The van der Waals surface area contributed by atoms with Crippen LogP contribution in [0.15, 0.2) is 18.2 Å². The summed E-state index contributed by atoms with van der Waals surface area (Å²) in [5, 5.41) is 0. The largest absolute Gasteiger partial charge is 0.482 e. The molecule has 1 saturated heterocycles. The van der Waals surface area contributed by atoms with Gasteiger partial charge in [-0.05, 0) is 43.9 Å². The molecule has 118 valence electrons. The zero-order chi connectivity index (χ0) is 15.5. The fraction of sp³-hybridized carbons (Fsp3) is 0.529. The van der Waals surface area contributed by atoms with E-state index in [2.05, 4.69) is 0 Å². The van der Waals surface area contributed by atoms with Crippen molar-refractivity contribution in [2.24, 2.45) is 0 Å². The van der Waals surface area contributed by atoms with E-state index in [1.165, 1.54) is 0 Å². The number of rotatable bonds is 4. The Bertz CT molecular complexity index is 579. The molecule has 2 aliphatic heterocycles. The van der Waals surface area contributed by atoms with Crippen molar-refractivity contribution in [2.45, 2.75) is 32.6 Å². The minimum atomic E-state index is -0.0354. The molecule has 0 saturated carbocycles. The number of anilines is 1. The Kier molecular flexibility index (Phi) is 4.32. The van der Waals surface area contributed by atoms with Crippen molar-refractivity contribution in [1.82, 2.24) is 4.90 Å². The van der Waals surface area contributed by atoms with Gasteiger partial charge in [-0.2, -0.15) is 0 Å². The van der Waals surface area contributed by atoms with Gasteiger partial charge in [0, 0.05) is 26.1 Å². The second-order valence-corrected chi connectivity index (χ2v) is 6.00. The lowest BCUT2D eigenvalue weighted by Gasteiger charge is -2.29. The van der Waals surface area contributed by atoms with E-state index in [0.29, 0.717) is 19.4 Å². The number of hydrogen-bond acceptors (Lipinski definition) is 3. The van der Waals surface area contributed by atoms with Crippen LogP contribution in [0.2, 0.25) is 0 Å². The quantitative estimate of drug-likeness (QED) is 0.856. The first kappa shape index (κ1) is 14.9. The molecule has 0 spiro atoms. The second-order valence-electron chi connectivity index (χ2n) is 6.00. The van der Waals surface area contributed by atoms with Crippen molar-refractivity contribution in [1.29, 1.82) is 0 Å². The van der Waals surface area contributed by atoms with E-state index in [9.17, 15) is 9.59 Å². The van der Waals surface area contributed by atoms with Crippen LogP contribution in [-0.2, 0) is 9.59 Å². The molecule has 0 bridgehead atoms. The normalized spacial score (nSPS) is 17.4. The number of aryl methyl sites for hydroxylation is 1. The molecule has 1 fully saturated rings. The van der Waals surface area contributed by atoms with E-state index < -0.39 is 0 Å². The first-order chi connectivity index (χ1) is 10.6. The van der Waals surface area contributed by atoms with Crippen LogP contribution in [0.1, 0.15) is 31.2 Å². The lowest BCUT2D eigenvalue weighted by molar-refractivity contribution is -0.130. The van der Waals surface area contributed by atoms with Gasteiger partial charge in [0.05, 0.1) is 5.69 Å². The summed E-state index contributed by atoms with van der Waals surface area (Å²) in [4.78, 5) is 27.9. The number of carbonyl (C=O) groups excluding carboxylic acids is 2. The average molecular weight is 302 g/mol. The fourth-order valence-electron chi connectivity index (χ4n) is 3.07. The molecule has 0 aromatic heterocycles. The summed E-state index contributed by atoms with van der Waals surface area (Å²) in [7, 11) is 0. The van der Waals surface area contributed by atoms with Gasteiger partial charge >= 0.3 is 0 Å².